The number of hydrogen-bond donors (Lipinski definition) is 3. The number of nitro groups is 1. The number of benzene rings is 2. The second kappa shape index (κ2) is 7.27. The van der Waals surface area contributed by atoms with Gasteiger partial charge in [0.25, 0.3) is 5.69 Å². The van der Waals surface area contributed by atoms with Gasteiger partial charge in [-0.2, -0.15) is 4.99 Å². The highest BCUT2D eigenvalue weighted by molar-refractivity contribution is 7.99. The number of nitro benzene ring substituents is 1. The fraction of sp³-hybridized carbons (Fsp3) is 0. The summed E-state index contributed by atoms with van der Waals surface area (Å²) in [6, 6.07) is 13.9. The number of guanidine groups is 2. The number of aliphatic imine (C=N–C) groups is 2. The first kappa shape index (κ1) is 16.3. The second-order valence-electron chi connectivity index (χ2n) is 4.36. The molecule has 0 spiro atoms. The zero-order chi connectivity index (χ0) is 16.8. The van der Waals surface area contributed by atoms with Crippen LogP contribution in [0.2, 0.25) is 0 Å². The van der Waals surface area contributed by atoms with Crippen molar-refractivity contribution in [3.63, 3.8) is 0 Å². The van der Waals surface area contributed by atoms with Crippen molar-refractivity contribution in [3.8, 4) is 0 Å². The van der Waals surface area contributed by atoms with E-state index in [1.165, 1.54) is 23.9 Å². The molecule has 2 aromatic carbocycles. The molecule has 0 fully saturated rings. The van der Waals surface area contributed by atoms with Crippen molar-refractivity contribution in [1.29, 1.82) is 0 Å². The number of nitrogens with two attached hydrogens (primary N) is 3. The molecule has 0 atom stereocenters. The van der Waals surface area contributed by atoms with E-state index in [2.05, 4.69) is 9.98 Å². The molecule has 0 bridgehead atoms. The van der Waals surface area contributed by atoms with E-state index < -0.39 is 4.92 Å². The molecule has 118 valence electrons. The van der Waals surface area contributed by atoms with Crippen LogP contribution in [0.15, 0.2) is 68.3 Å². The van der Waals surface area contributed by atoms with Gasteiger partial charge in [0.05, 0.1) is 10.6 Å². The van der Waals surface area contributed by atoms with Gasteiger partial charge in [0, 0.05) is 21.9 Å². The first-order chi connectivity index (χ1) is 10.9. The smallest absolute Gasteiger partial charge is 0.272 e. The van der Waals surface area contributed by atoms with Crippen molar-refractivity contribution < 1.29 is 4.92 Å². The Kier molecular flexibility index (Phi) is 5.15. The fourth-order valence-corrected chi connectivity index (χ4v) is 2.64. The van der Waals surface area contributed by atoms with E-state index >= 15 is 0 Å². The van der Waals surface area contributed by atoms with Crippen LogP contribution >= 0.6 is 11.8 Å². The van der Waals surface area contributed by atoms with Crippen LogP contribution in [0.5, 0.6) is 0 Å². The molecule has 6 N–H and O–H groups in total. The lowest BCUT2D eigenvalue weighted by molar-refractivity contribution is -0.385. The largest absolute Gasteiger partial charge is 0.370 e. The summed E-state index contributed by atoms with van der Waals surface area (Å²) >= 11 is 1.37. The molecular formula is C14H14N6O2S. The van der Waals surface area contributed by atoms with Crippen molar-refractivity contribution in [2.45, 2.75) is 9.79 Å². The molecule has 0 saturated heterocycles. The van der Waals surface area contributed by atoms with Crippen LogP contribution in [0.3, 0.4) is 0 Å². The maximum atomic E-state index is 11.1. The number of nitrogens with zero attached hydrogens (tertiary/aromatic N) is 3. The molecular weight excluding hydrogens is 316 g/mol. The van der Waals surface area contributed by atoms with E-state index in [-0.39, 0.29) is 17.6 Å². The lowest BCUT2D eigenvalue weighted by atomic mass is 10.3. The third-order valence-electron chi connectivity index (χ3n) is 2.55. The molecule has 2 rings (SSSR count). The summed E-state index contributed by atoms with van der Waals surface area (Å²) < 4.78 is 0. The van der Waals surface area contributed by atoms with Crippen molar-refractivity contribution >= 4 is 35.1 Å². The topological polar surface area (TPSA) is 146 Å². The first-order valence-corrected chi connectivity index (χ1v) is 7.22. The summed E-state index contributed by atoms with van der Waals surface area (Å²) in [6.45, 7) is 0. The van der Waals surface area contributed by atoms with Crippen molar-refractivity contribution in [2.24, 2.45) is 27.2 Å². The average Bonchev–Trinajstić information content (AvgIpc) is 2.47. The van der Waals surface area contributed by atoms with Gasteiger partial charge in [-0.1, -0.05) is 30.0 Å². The highest BCUT2D eigenvalue weighted by atomic mass is 32.2. The van der Waals surface area contributed by atoms with Crippen LogP contribution in [0.25, 0.3) is 0 Å². The quantitative estimate of drug-likeness (QED) is 0.338. The normalized spacial score (nSPS) is 11.0. The zero-order valence-corrected chi connectivity index (χ0v) is 12.7. The highest BCUT2D eigenvalue weighted by Crippen LogP contribution is 2.33. The molecule has 8 nitrogen and oxygen atoms in total. The van der Waals surface area contributed by atoms with Gasteiger partial charge in [0.2, 0.25) is 5.96 Å². The van der Waals surface area contributed by atoms with E-state index in [1.807, 2.05) is 30.3 Å². The summed E-state index contributed by atoms with van der Waals surface area (Å²) in [6.07, 6.45) is 0. The number of non-ortho nitro benzene ring substituents is 1. The Morgan fingerprint density at radius 1 is 1.04 bits per heavy atom. The van der Waals surface area contributed by atoms with E-state index in [1.54, 1.807) is 6.07 Å². The molecule has 0 saturated carbocycles. The average molecular weight is 330 g/mol. The van der Waals surface area contributed by atoms with Crippen LogP contribution in [0.4, 0.5) is 11.4 Å². The molecule has 23 heavy (non-hydrogen) atoms. The van der Waals surface area contributed by atoms with E-state index in [9.17, 15) is 10.1 Å². The lowest BCUT2D eigenvalue weighted by Crippen LogP contribution is -2.26. The molecule has 0 aliphatic rings. The fourth-order valence-electron chi connectivity index (χ4n) is 1.71. The number of rotatable bonds is 4. The van der Waals surface area contributed by atoms with Crippen LogP contribution in [-0.2, 0) is 0 Å². The molecule has 0 aliphatic carbocycles. The summed E-state index contributed by atoms with van der Waals surface area (Å²) in [5, 5.41) is 11.1. The van der Waals surface area contributed by atoms with E-state index in [0.29, 0.717) is 10.6 Å². The SMILES string of the molecule is NC(N)=NC(N)=Nc1cc(Sc2ccccc2)cc([N+](=O)[O-])c1. The Hall–Kier alpha value is -3.07. The molecule has 0 heterocycles. The molecule has 9 heteroatoms. The third-order valence-corrected chi connectivity index (χ3v) is 3.53. The Labute approximate surface area is 136 Å². The van der Waals surface area contributed by atoms with Gasteiger partial charge in [0.1, 0.15) is 0 Å². The highest BCUT2D eigenvalue weighted by Gasteiger charge is 2.11. The molecule has 2 aromatic rings. The standard InChI is InChI=1S/C14H14N6O2S/c15-13(16)19-14(17)18-9-6-10(20(21)22)8-12(7-9)23-11-4-2-1-3-5-11/h1-8H,(H6,15,16,17,18,19). The molecule has 0 aromatic heterocycles. The molecule has 0 radical (unpaired) electrons. The number of hydrogen-bond acceptors (Lipinski definition) is 4. The minimum absolute atomic E-state index is 0.0952. The van der Waals surface area contributed by atoms with Gasteiger partial charge >= 0.3 is 0 Å². The lowest BCUT2D eigenvalue weighted by Gasteiger charge is -2.04. The Balaban J connectivity index is 2.40. The summed E-state index contributed by atoms with van der Waals surface area (Å²) in [5.41, 5.74) is 16.2. The van der Waals surface area contributed by atoms with Crippen LogP contribution in [-0.4, -0.2) is 16.8 Å². The Bertz CT molecular complexity index is 772. The third kappa shape index (κ3) is 5.00. The minimum atomic E-state index is -0.495. The summed E-state index contributed by atoms with van der Waals surface area (Å²) in [7, 11) is 0. The summed E-state index contributed by atoms with van der Waals surface area (Å²) in [4.78, 5) is 19.7. The minimum Gasteiger partial charge on any atom is -0.370 e. The second-order valence-corrected chi connectivity index (χ2v) is 5.51. The van der Waals surface area contributed by atoms with Crippen molar-refractivity contribution in [2.75, 3.05) is 0 Å². The van der Waals surface area contributed by atoms with Gasteiger partial charge in [-0.25, -0.2) is 4.99 Å². The predicted molar refractivity (Wildman–Crippen MR) is 90.8 cm³/mol. The van der Waals surface area contributed by atoms with Gasteiger partial charge in [-0.15, -0.1) is 0 Å². The van der Waals surface area contributed by atoms with Gasteiger partial charge in [-0.05, 0) is 18.2 Å². The zero-order valence-electron chi connectivity index (χ0n) is 11.9. The maximum Gasteiger partial charge on any atom is 0.272 e. The van der Waals surface area contributed by atoms with Crippen molar-refractivity contribution in [3.05, 3.63) is 58.6 Å². The molecule has 0 aliphatic heterocycles. The van der Waals surface area contributed by atoms with Crippen LogP contribution < -0.4 is 17.2 Å². The van der Waals surface area contributed by atoms with Gasteiger partial charge < -0.3 is 17.2 Å². The maximum absolute atomic E-state index is 11.1. The first-order valence-electron chi connectivity index (χ1n) is 6.40. The Morgan fingerprint density at radius 3 is 2.35 bits per heavy atom. The van der Waals surface area contributed by atoms with E-state index in [0.717, 1.165) is 4.90 Å². The van der Waals surface area contributed by atoms with Crippen molar-refractivity contribution in [1.82, 2.24) is 0 Å². The van der Waals surface area contributed by atoms with Crippen LogP contribution in [0, 0.1) is 10.1 Å². The van der Waals surface area contributed by atoms with Gasteiger partial charge in [-0.3, -0.25) is 10.1 Å². The molecule has 0 amide bonds. The monoisotopic (exact) mass is 330 g/mol. The van der Waals surface area contributed by atoms with Gasteiger partial charge in [0.15, 0.2) is 5.96 Å². The molecule has 0 unspecified atom stereocenters. The predicted octanol–water partition coefficient (Wildman–Crippen LogP) is 1.97. The van der Waals surface area contributed by atoms with E-state index in [4.69, 9.17) is 17.2 Å². The summed E-state index contributed by atoms with van der Waals surface area (Å²) in [5.74, 6) is -0.420. The van der Waals surface area contributed by atoms with Crippen LogP contribution in [0.1, 0.15) is 0 Å². The Morgan fingerprint density at radius 2 is 1.74 bits per heavy atom.